The summed E-state index contributed by atoms with van der Waals surface area (Å²) in [6.45, 7) is 0. The minimum atomic E-state index is 0.380. The normalized spacial score (nSPS) is 9.71. The molecule has 0 spiro atoms. The van der Waals surface area contributed by atoms with E-state index in [1.807, 2.05) is 30.3 Å². The van der Waals surface area contributed by atoms with Crippen molar-refractivity contribution in [2.45, 2.75) is 0 Å². The van der Waals surface area contributed by atoms with Crippen LogP contribution in [-0.4, -0.2) is 4.98 Å². The van der Waals surface area contributed by atoms with Crippen molar-refractivity contribution in [1.29, 1.82) is 5.26 Å². The third-order valence-corrected chi connectivity index (χ3v) is 2.77. The molecule has 1 aromatic heterocycles. The molecule has 0 radical (unpaired) electrons. The maximum atomic E-state index is 8.86. The summed E-state index contributed by atoms with van der Waals surface area (Å²) in [5.41, 5.74) is 4.57. The van der Waals surface area contributed by atoms with Crippen LogP contribution < -0.4 is 11.3 Å². The number of nitrogens with one attached hydrogen (secondary N) is 1. The molecule has 2 rings (SSSR count). The maximum Gasteiger partial charge on any atom is 0.158 e. The molecule has 4 nitrogen and oxygen atoms in total. The van der Waals surface area contributed by atoms with E-state index in [1.54, 1.807) is 12.1 Å². The lowest BCUT2D eigenvalue weighted by Crippen LogP contribution is -2.10. The molecule has 0 saturated heterocycles. The van der Waals surface area contributed by atoms with Gasteiger partial charge in [0.2, 0.25) is 0 Å². The molecule has 0 saturated carbocycles. The molecule has 17 heavy (non-hydrogen) atoms. The highest BCUT2D eigenvalue weighted by atomic mass is 79.9. The standard InChI is InChI=1S/C12H9BrN4/c13-10-3-1-2-8(6-10)11-5-4-9(7-14)12(16-11)17-15/h1-6H,15H2,(H,16,17). The first-order valence-electron chi connectivity index (χ1n) is 4.88. The van der Waals surface area contributed by atoms with E-state index in [2.05, 4.69) is 26.3 Å². The van der Waals surface area contributed by atoms with Gasteiger partial charge in [0.15, 0.2) is 5.82 Å². The number of hydrazine groups is 1. The lowest BCUT2D eigenvalue weighted by molar-refractivity contribution is 1.21. The van der Waals surface area contributed by atoms with E-state index in [0.29, 0.717) is 11.4 Å². The number of nitrogens with zero attached hydrogens (tertiary/aromatic N) is 2. The molecular formula is C12H9BrN4. The van der Waals surface area contributed by atoms with E-state index in [4.69, 9.17) is 11.1 Å². The molecule has 0 unspecified atom stereocenters. The largest absolute Gasteiger partial charge is 0.307 e. The fourth-order valence-corrected chi connectivity index (χ4v) is 1.87. The molecule has 1 aromatic carbocycles. The Bertz CT molecular complexity index is 589. The molecule has 0 atom stereocenters. The van der Waals surface area contributed by atoms with Crippen molar-refractivity contribution in [2.75, 3.05) is 5.43 Å². The Balaban J connectivity index is 2.51. The average molecular weight is 289 g/mol. The molecule has 0 bridgehead atoms. The Hall–Kier alpha value is -1.90. The predicted octanol–water partition coefficient (Wildman–Crippen LogP) is 2.67. The van der Waals surface area contributed by atoms with E-state index in [9.17, 15) is 0 Å². The monoisotopic (exact) mass is 288 g/mol. The number of halogens is 1. The number of rotatable bonds is 2. The van der Waals surface area contributed by atoms with Gasteiger partial charge in [0.1, 0.15) is 6.07 Å². The zero-order valence-corrected chi connectivity index (χ0v) is 10.4. The number of nitrogens with two attached hydrogens (primary N) is 1. The summed E-state index contributed by atoms with van der Waals surface area (Å²) >= 11 is 3.40. The first kappa shape index (κ1) is 11.6. The molecule has 0 aliphatic carbocycles. The Labute approximate surface area is 107 Å². The number of hydrogen-bond donors (Lipinski definition) is 2. The number of anilines is 1. The average Bonchev–Trinajstić information content (AvgIpc) is 2.38. The molecule has 0 aliphatic rings. The zero-order chi connectivity index (χ0) is 12.3. The Morgan fingerprint density at radius 3 is 2.76 bits per heavy atom. The lowest BCUT2D eigenvalue weighted by Gasteiger charge is -2.06. The van der Waals surface area contributed by atoms with Crippen LogP contribution in [-0.2, 0) is 0 Å². The SMILES string of the molecule is N#Cc1ccc(-c2cccc(Br)c2)nc1NN. The van der Waals surface area contributed by atoms with Crippen molar-refractivity contribution in [1.82, 2.24) is 4.98 Å². The highest BCUT2D eigenvalue weighted by Gasteiger charge is 2.05. The fourth-order valence-electron chi connectivity index (χ4n) is 1.47. The minimum Gasteiger partial charge on any atom is -0.307 e. The molecule has 1 heterocycles. The minimum absolute atomic E-state index is 0.380. The lowest BCUT2D eigenvalue weighted by atomic mass is 10.1. The van der Waals surface area contributed by atoms with Crippen LogP contribution in [0.3, 0.4) is 0 Å². The summed E-state index contributed by atoms with van der Waals surface area (Å²) in [7, 11) is 0. The molecule has 3 N–H and O–H groups in total. The summed E-state index contributed by atoms with van der Waals surface area (Å²) < 4.78 is 0.975. The van der Waals surface area contributed by atoms with E-state index >= 15 is 0 Å². The molecule has 0 fully saturated rings. The number of hydrogen-bond acceptors (Lipinski definition) is 4. The Kier molecular flexibility index (Phi) is 3.38. The quantitative estimate of drug-likeness (QED) is 0.658. The van der Waals surface area contributed by atoms with Gasteiger partial charge in [-0.1, -0.05) is 28.1 Å². The summed E-state index contributed by atoms with van der Waals surface area (Å²) in [5.74, 6) is 5.71. The van der Waals surface area contributed by atoms with Crippen LogP contribution in [0.25, 0.3) is 11.3 Å². The van der Waals surface area contributed by atoms with Crippen LogP contribution in [0.5, 0.6) is 0 Å². The van der Waals surface area contributed by atoms with Crippen LogP contribution in [0.2, 0.25) is 0 Å². The first-order valence-corrected chi connectivity index (χ1v) is 5.67. The van der Waals surface area contributed by atoms with Gasteiger partial charge in [0, 0.05) is 10.0 Å². The van der Waals surface area contributed by atoms with Crippen LogP contribution in [0.1, 0.15) is 5.56 Å². The summed E-state index contributed by atoms with van der Waals surface area (Å²) in [6.07, 6.45) is 0. The maximum absolute atomic E-state index is 8.86. The highest BCUT2D eigenvalue weighted by Crippen LogP contribution is 2.23. The van der Waals surface area contributed by atoms with Crippen LogP contribution >= 0.6 is 15.9 Å². The Morgan fingerprint density at radius 2 is 2.12 bits per heavy atom. The molecular weight excluding hydrogens is 280 g/mol. The topological polar surface area (TPSA) is 74.7 Å². The van der Waals surface area contributed by atoms with Gasteiger partial charge in [-0.3, -0.25) is 0 Å². The van der Waals surface area contributed by atoms with Crippen molar-refractivity contribution < 1.29 is 0 Å². The molecule has 5 heteroatoms. The second-order valence-corrected chi connectivity index (χ2v) is 4.27. The third-order valence-electron chi connectivity index (χ3n) is 2.27. The van der Waals surface area contributed by atoms with E-state index in [1.165, 1.54) is 0 Å². The van der Waals surface area contributed by atoms with Gasteiger partial charge in [-0.2, -0.15) is 5.26 Å². The van der Waals surface area contributed by atoms with Crippen LogP contribution in [0.15, 0.2) is 40.9 Å². The van der Waals surface area contributed by atoms with Gasteiger partial charge < -0.3 is 5.43 Å². The van der Waals surface area contributed by atoms with Crippen molar-refractivity contribution in [2.24, 2.45) is 5.84 Å². The van der Waals surface area contributed by atoms with E-state index in [-0.39, 0.29) is 0 Å². The molecule has 84 valence electrons. The van der Waals surface area contributed by atoms with E-state index in [0.717, 1.165) is 15.7 Å². The first-order chi connectivity index (χ1) is 8.24. The second kappa shape index (κ2) is 4.95. The van der Waals surface area contributed by atoms with Crippen molar-refractivity contribution >= 4 is 21.7 Å². The van der Waals surface area contributed by atoms with Gasteiger partial charge in [-0.05, 0) is 24.3 Å². The van der Waals surface area contributed by atoms with Crippen LogP contribution in [0, 0.1) is 11.3 Å². The number of benzene rings is 1. The van der Waals surface area contributed by atoms with E-state index < -0.39 is 0 Å². The smallest absolute Gasteiger partial charge is 0.158 e. The number of pyridine rings is 1. The number of nitrogen functional groups attached to an aromatic ring is 1. The third kappa shape index (κ3) is 2.44. The Morgan fingerprint density at radius 1 is 1.29 bits per heavy atom. The van der Waals surface area contributed by atoms with Gasteiger partial charge >= 0.3 is 0 Å². The highest BCUT2D eigenvalue weighted by molar-refractivity contribution is 9.10. The second-order valence-electron chi connectivity index (χ2n) is 3.36. The predicted molar refractivity (Wildman–Crippen MR) is 69.9 cm³/mol. The number of nitriles is 1. The number of aromatic nitrogens is 1. The van der Waals surface area contributed by atoms with Crippen molar-refractivity contribution in [3.8, 4) is 17.3 Å². The summed E-state index contributed by atoms with van der Waals surface area (Å²) in [5, 5.41) is 8.86. The van der Waals surface area contributed by atoms with Gasteiger partial charge in [0.05, 0.1) is 11.3 Å². The van der Waals surface area contributed by atoms with Crippen molar-refractivity contribution in [3.63, 3.8) is 0 Å². The fraction of sp³-hybridized carbons (Fsp3) is 0. The zero-order valence-electron chi connectivity index (χ0n) is 8.81. The molecule has 0 aliphatic heterocycles. The molecule has 0 amide bonds. The molecule has 2 aromatic rings. The summed E-state index contributed by atoms with van der Waals surface area (Å²) in [6, 6.07) is 13.3. The van der Waals surface area contributed by atoms with Crippen LogP contribution in [0.4, 0.5) is 5.82 Å². The van der Waals surface area contributed by atoms with Gasteiger partial charge in [-0.15, -0.1) is 0 Å². The summed E-state index contributed by atoms with van der Waals surface area (Å²) in [4.78, 5) is 4.29. The van der Waals surface area contributed by atoms with Crippen molar-refractivity contribution in [3.05, 3.63) is 46.4 Å². The van der Waals surface area contributed by atoms with Gasteiger partial charge in [0.25, 0.3) is 0 Å². The van der Waals surface area contributed by atoms with Gasteiger partial charge in [-0.25, -0.2) is 10.8 Å².